The van der Waals surface area contributed by atoms with E-state index in [4.69, 9.17) is 5.73 Å². The number of carbonyl (C=O) groups excluding carboxylic acids is 1. The first-order valence-electron chi connectivity index (χ1n) is 5.94. The Morgan fingerprint density at radius 3 is 2.43 bits per heavy atom. The van der Waals surface area contributed by atoms with Crippen LogP contribution in [-0.2, 0) is 15.6 Å². The molecule has 0 fully saturated rings. The second-order valence-corrected chi connectivity index (χ2v) is 5.65. The molecule has 2 aromatic carbocycles. The zero-order valence-corrected chi connectivity index (χ0v) is 11.6. The molecule has 0 spiro atoms. The lowest BCUT2D eigenvalue weighted by Crippen LogP contribution is -2.20. The number of benzene rings is 2. The third kappa shape index (κ3) is 4.09. The molecule has 0 aliphatic rings. The highest BCUT2D eigenvalue weighted by Crippen LogP contribution is 2.16. The summed E-state index contributed by atoms with van der Waals surface area (Å²) in [6.07, 6.45) is 0. The smallest absolute Gasteiger partial charge is 0.237 e. The van der Waals surface area contributed by atoms with Gasteiger partial charge in [0.15, 0.2) is 0 Å². The number of hydrogen-bond acceptors (Lipinski definition) is 3. The van der Waals surface area contributed by atoms with Gasteiger partial charge in [0.1, 0.15) is 17.4 Å². The van der Waals surface area contributed by atoms with Crippen molar-refractivity contribution in [2.24, 2.45) is 0 Å². The number of rotatable bonds is 4. The maximum absolute atomic E-state index is 13.6. The number of amides is 1. The Hall–Kier alpha value is -2.28. The molecule has 0 aliphatic carbocycles. The van der Waals surface area contributed by atoms with E-state index in [1.54, 1.807) is 0 Å². The van der Waals surface area contributed by atoms with E-state index in [0.717, 1.165) is 6.07 Å². The highest BCUT2D eigenvalue weighted by molar-refractivity contribution is 7.85. The normalized spacial score (nSPS) is 11.9. The van der Waals surface area contributed by atoms with Gasteiger partial charge in [-0.25, -0.2) is 8.78 Å². The average molecular weight is 310 g/mol. The number of nitrogens with two attached hydrogens (primary N) is 1. The molecular formula is C14H12F2N2O2S. The minimum absolute atomic E-state index is 0.0848. The summed E-state index contributed by atoms with van der Waals surface area (Å²) in [6, 6.07) is 8.86. The summed E-state index contributed by atoms with van der Waals surface area (Å²) in [5.41, 5.74) is 5.98. The first-order chi connectivity index (χ1) is 9.95. The minimum atomic E-state index is -1.83. The molecule has 1 atom stereocenters. The summed E-state index contributed by atoms with van der Waals surface area (Å²) in [4.78, 5) is 11.6. The van der Waals surface area contributed by atoms with Crippen molar-refractivity contribution < 1.29 is 17.8 Å². The minimum Gasteiger partial charge on any atom is -0.399 e. The number of halogens is 2. The van der Waals surface area contributed by atoms with Crippen LogP contribution in [0.3, 0.4) is 0 Å². The van der Waals surface area contributed by atoms with Crippen LogP contribution in [0.2, 0.25) is 0 Å². The Balaban J connectivity index is 2.02. The van der Waals surface area contributed by atoms with E-state index in [1.165, 1.54) is 36.4 Å². The molecule has 21 heavy (non-hydrogen) atoms. The molecular weight excluding hydrogens is 298 g/mol. The molecule has 1 unspecified atom stereocenters. The van der Waals surface area contributed by atoms with Gasteiger partial charge in [-0.05, 0) is 42.5 Å². The predicted molar refractivity (Wildman–Crippen MR) is 77.1 cm³/mol. The Labute approximate surface area is 122 Å². The van der Waals surface area contributed by atoms with Crippen molar-refractivity contribution in [2.75, 3.05) is 16.8 Å². The van der Waals surface area contributed by atoms with Crippen LogP contribution in [-0.4, -0.2) is 15.9 Å². The zero-order chi connectivity index (χ0) is 15.4. The monoisotopic (exact) mass is 310 g/mol. The summed E-state index contributed by atoms with van der Waals surface area (Å²) in [6.45, 7) is 0. The first-order valence-corrected chi connectivity index (χ1v) is 7.26. The van der Waals surface area contributed by atoms with Gasteiger partial charge in [-0.1, -0.05) is 0 Å². The standard InChI is InChI=1S/C14H12F2N2O2S/c15-9-1-4-11(5-2-9)18-14(19)8-21(20)13-6-3-10(17)7-12(13)16/h1-7H,8,17H2,(H,18,19). The van der Waals surface area contributed by atoms with Crippen molar-refractivity contribution in [1.29, 1.82) is 0 Å². The molecule has 2 rings (SSSR count). The molecule has 3 N–H and O–H groups in total. The summed E-state index contributed by atoms with van der Waals surface area (Å²) >= 11 is 0. The van der Waals surface area contributed by atoms with Crippen LogP contribution in [0, 0.1) is 11.6 Å². The molecule has 0 saturated carbocycles. The van der Waals surface area contributed by atoms with E-state index in [-0.39, 0.29) is 10.6 Å². The van der Waals surface area contributed by atoms with Gasteiger partial charge in [-0.3, -0.25) is 9.00 Å². The van der Waals surface area contributed by atoms with E-state index in [0.29, 0.717) is 5.69 Å². The fraction of sp³-hybridized carbons (Fsp3) is 0.0714. The van der Waals surface area contributed by atoms with Crippen LogP contribution < -0.4 is 11.1 Å². The molecule has 0 bridgehead atoms. The van der Waals surface area contributed by atoms with E-state index in [9.17, 15) is 17.8 Å². The van der Waals surface area contributed by atoms with Crippen molar-refractivity contribution in [3.05, 3.63) is 54.1 Å². The lowest BCUT2D eigenvalue weighted by atomic mass is 10.3. The maximum Gasteiger partial charge on any atom is 0.237 e. The van der Waals surface area contributed by atoms with Gasteiger partial charge in [-0.2, -0.15) is 0 Å². The fourth-order valence-electron chi connectivity index (χ4n) is 1.63. The lowest BCUT2D eigenvalue weighted by molar-refractivity contribution is -0.113. The van der Waals surface area contributed by atoms with Gasteiger partial charge in [0, 0.05) is 11.4 Å². The number of anilines is 2. The Morgan fingerprint density at radius 2 is 1.81 bits per heavy atom. The number of nitrogen functional groups attached to an aromatic ring is 1. The van der Waals surface area contributed by atoms with Gasteiger partial charge in [0.05, 0.1) is 15.7 Å². The van der Waals surface area contributed by atoms with Gasteiger partial charge in [-0.15, -0.1) is 0 Å². The molecule has 110 valence electrons. The van der Waals surface area contributed by atoms with E-state index in [1.807, 2.05) is 0 Å². The van der Waals surface area contributed by atoms with E-state index >= 15 is 0 Å². The Bertz CT molecular complexity index is 690. The third-order valence-electron chi connectivity index (χ3n) is 2.59. The van der Waals surface area contributed by atoms with Crippen LogP contribution in [0.15, 0.2) is 47.4 Å². The van der Waals surface area contributed by atoms with Crippen molar-refractivity contribution in [1.82, 2.24) is 0 Å². The van der Waals surface area contributed by atoms with Crippen molar-refractivity contribution in [2.45, 2.75) is 4.90 Å². The lowest BCUT2D eigenvalue weighted by Gasteiger charge is -2.06. The number of carbonyl (C=O) groups is 1. The summed E-state index contributed by atoms with van der Waals surface area (Å²) < 4.78 is 38.2. The van der Waals surface area contributed by atoms with Crippen LogP contribution in [0.25, 0.3) is 0 Å². The number of nitrogens with one attached hydrogen (secondary N) is 1. The van der Waals surface area contributed by atoms with Crippen molar-refractivity contribution in [3.8, 4) is 0 Å². The summed E-state index contributed by atoms with van der Waals surface area (Å²) in [5, 5.41) is 2.45. The van der Waals surface area contributed by atoms with Crippen LogP contribution in [0.5, 0.6) is 0 Å². The summed E-state index contributed by atoms with van der Waals surface area (Å²) in [7, 11) is -1.83. The molecule has 2 aromatic rings. The van der Waals surface area contributed by atoms with Crippen LogP contribution in [0.1, 0.15) is 0 Å². The van der Waals surface area contributed by atoms with Crippen LogP contribution >= 0.6 is 0 Å². The van der Waals surface area contributed by atoms with E-state index < -0.39 is 34.1 Å². The van der Waals surface area contributed by atoms with Crippen molar-refractivity contribution >= 4 is 28.1 Å². The molecule has 0 aliphatic heterocycles. The third-order valence-corrected chi connectivity index (χ3v) is 3.94. The Morgan fingerprint density at radius 1 is 1.14 bits per heavy atom. The second-order valence-electron chi connectivity index (χ2n) is 4.23. The molecule has 1 amide bonds. The summed E-state index contributed by atoms with van der Waals surface area (Å²) in [5.74, 6) is -2.11. The molecule has 0 heterocycles. The second kappa shape index (κ2) is 6.45. The zero-order valence-electron chi connectivity index (χ0n) is 10.8. The molecule has 0 aromatic heterocycles. The van der Waals surface area contributed by atoms with Gasteiger partial charge < -0.3 is 11.1 Å². The first kappa shape index (κ1) is 15.1. The van der Waals surface area contributed by atoms with Crippen molar-refractivity contribution in [3.63, 3.8) is 0 Å². The van der Waals surface area contributed by atoms with Crippen LogP contribution in [0.4, 0.5) is 20.2 Å². The van der Waals surface area contributed by atoms with Gasteiger partial charge in [0.25, 0.3) is 0 Å². The highest BCUT2D eigenvalue weighted by Gasteiger charge is 2.14. The molecule has 7 heteroatoms. The quantitative estimate of drug-likeness (QED) is 0.851. The highest BCUT2D eigenvalue weighted by atomic mass is 32.2. The topological polar surface area (TPSA) is 72.2 Å². The number of hydrogen-bond donors (Lipinski definition) is 2. The fourth-order valence-corrected chi connectivity index (χ4v) is 2.59. The molecule has 4 nitrogen and oxygen atoms in total. The molecule has 0 saturated heterocycles. The maximum atomic E-state index is 13.6. The largest absolute Gasteiger partial charge is 0.399 e. The van der Waals surface area contributed by atoms with Gasteiger partial charge in [0.2, 0.25) is 5.91 Å². The average Bonchev–Trinajstić information content (AvgIpc) is 2.41. The predicted octanol–water partition coefficient (Wildman–Crippen LogP) is 2.29. The SMILES string of the molecule is Nc1ccc(S(=O)CC(=O)Nc2ccc(F)cc2)c(F)c1. The Kier molecular flexibility index (Phi) is 4.64. The van der Waals surface area contributed by atoms with Gasteiger partial charge >= 0.3 is 0 Å². The molecule has 0 radical (unpaired) electrons. The van der Waals surface area contributed by atoms with E-state index in [2.05, 4.69) is 5.32 Å².